The predicted molar refractivity (Wildman–Crippen MR) is 130 cm³/mol. The van der Waals surface area contributed by atoms with Crippen molar-refractivity contribution in [1.29, 1.82) is 0 Å². The van der Waals surface area contributed by atoms with Gasteiger partial charge >= 0.3 is 0 Å². The largest absolute Gasteiger partial charge is 0.481 e. The molecule has 0 saturated carbocycles. The first kappa shape index (κ1) is 28.8. The van der Waals surface area contributed by atoms with Gasteiger partial charge in [0.1, 0.15) is 0 Å². The number of allylic oxidation sites excluding steroid dienone is 3. The van der Waals surface area contributed by atoms with Crippen LogP contribution in [0.5, 0.6) is 0 Å². The van der Waals surface area contributed by atoms with Crippen LogP contribution in [0.2, 0.25) is 0 Å². The molecule has 0 saturated heterocycles. The molecular weight excluding hydrogens is 388 g/mol. The van der Waals surface area contributed by atoms with Gasteiger partial charge < -0.3 is 9.67 Å². The molecule has 0 aliphatic rings. The van der Waals surface area contributed by atoms with Crippen molar-refractivity contribution in [3.05, 3.63) is 43.0 Å². The molecule has 0 radical (unpaired) electrons. The number of ketones is 1. The van der Waals surface area contributed by atoms with Crippen molar-refractivity contribution in [2.45, 2.75) is 110 Å². The molecule has 0 aromatic carbocycles. The number of hydrogen-bond acceptors (Lipinski definition) is 3. The van der Waals surface area contributed by atoms with Crippen molar-refractivity contribution >= 4 is 11.8 Å². The Morgan fingerprint density at radius 1 is 0.968 bits per heavy atom. The number of Topliss-reactive ketones (excluding diaryl/α,β-unsaturated/α-hetero) is 1. The third-order valence-electron chi connectivity index (χ3n) is 4.96. The van der Waals surface area contributed by atoms with Crippen molar-refractivity contribution in [3.8, 4) is 0 Å². The molecule has 0 unspecified atom stereocenters. The first-order valence-corrected chi connectivity index (χ1v) is 12.0. The van der Waals surface area contributed by atoms with E-state index in [4.69, 9.17) is 9.90 Å². The lowest BCUT2D eigenvalue weighted by molar-refractivity contribution is -0.134. The molecule has 31 heavy (non-hydrogen) atoms. The van der Waals surface area contributed by atoms with Crippen molar-refractivity contribution in [2.24, 2.45) is 0 Å². The normalized spacial score (nSPS) is 10.6. The molecular formula is C26H44N2O3. The molecule has 0 spiro atoms. The van der Waals surface area contributed by atoms with E-state index >= 15 is 0 Å². The molecule has 1 aromatic heterocycles. The molecule has 176 valence electrons. The van der Waals surface area contributed by atoms with Crippen LogP contribution < -0.4 is 0 Å². The van der Waals surface area contributed by atoms with Gasteiger partial charge in [0.15, 0.2) is 11.6 Å². The van der Waals surface area contributed by atoms with Crippen molar-refractivity contribution in [1.82, 2.24) is 9.55 Å². The summed E-state index contributed by atoms with van der Waals surface area (Å²) in [6, 6.07) is 0. The number of nitrogens with zero attached hydrogens (tertiary/aromatic N) is 2. The van der Waals surface area contributed by atoms with E-state index in [0.717, 1.165) is 19.8 Å². The number of rotatable bonds is 18. The Morgan fingerprint density at radius 2 is 1.48 bits per heavy atom. The summed E-state index contributed by atoms with van der Waals surface area (Å²) >= 11 is 0. The summed E-state index contributed by atoms with van der Waals surface area (Å²) in [6.45, 7) is 7.71. The molecule has 0 fully saturated rings. The second-order valence-electron chi connectivity index (χ2n) is 7.97. The maximum absolute atomic E-state index is 12.2. The van der Waals surface area contributed by atoms with Crippen LogP contribution in [0, 0.1) is 0 Å². The molecule has 0 aliphatic heterocycles. The summed E-state index contributed by atoms with van der Waals surface area (Å²) in [6.07, 6.45) is 27.2. The number of carboxylic acid groups (broad SMARTS) is 1. The average Bonchev–Trinajstić information content (AvgIpc) is 3.19. The molecule has 5 nitrogen and oxygen atoms in total. The van der Waals surface area contributed by atoms with Gasteiger partial charge in [-0.2, -0.15) is 0 Å². The summed E-state index contributed by atoms with van der Waals surface area (Å²) in [4.78, 5) is 25.4. The summed E-state index contributed by atoms with van der Waals surface area (Å²) in [7, 11) is 0. The molecule has 0 amide bonds. The van der Waals surface area contributed by atoms with Crippen LogP contribution in [0.1, 0.15) is 114 Å². The number of carbonyl (C=O) groups is 2. The zero-order chi connectivity index (χ0) is 23.2. The van der Waals surface area contributed by atoms with Crippen LogP contribution in [0.3, 0.4) is 0 Å². The fraction of sp³-hybridized carbons (Fsp3) is 0.654. The van der Waals surface area contributed by atoms with E-state index in [1.54, 1.807) is 12.3 Å². The van der Waals surface area contributed by atoms with Crippen LogP contribution in [-0.4, -0.2) is 26.4 Å². The molecule has 0 atom stereocenters. The highest BCUT2D eigenvalue weighted by Gasteiger charge is 2.11. The first-order valence-electron chi connectivity index (χ1n) is 12.0. The average molecular weight is 433 g/mol. The lowest BCUT2D eigenvalue weighted by atomic mass is 10.1. The summed E-state index contributed by atoms with van der Waals surface area (Å²) < 4.78 is 1.87. The highest BCUT2D eigenvalue weighted by molar-refractivity contribution is 5.92. The number of aliphatic carboxylic acids is 1. The zero-order valence-electron chi connectivity index (χ0n) is 19.9. The van der Waals surface area contributed by atoms with Gasteiger partial charge in [-0.25, -0.2) is 4.98 Å². The van der Waals surface area contributed by atoms with Crippen LogP contribution in [0.4, 0.5) is 0 Å². The number of hydrogen-bond donors (Lipinski definition) is 1. The van der Waals surface area contributed by atoms with E-state index in [0.29, 0.717) is 18.8 Å². The van der Waals surface area contributed by atoms with Gasteiger partial charge in [0.2, 0.25) is 0 Å². The second kappa shape index (κ2) is 21.1. The Morgan fingerprint density at radius 3 is 2.03 bits per heavy atom. The molecule has 1 rings (SSSR count). The van der Waals surface area contributed by atoms with Crippen molar-refractivity contribution < 1.29 is 14.7 Å². The molecule has 0 bridgehead atoms. The third-order valence-corrected chi connectivity index (χ3v) is 4.96. The fourth-order valence-corrected chi connectivity index (χ4v) is 3.32. The van der Waals surface area contributed by atoms with E-state index in [1.807, 2.05) is 10.8 Å². The van der Waals surface area contributed by atoms with Crippen LogP contribution in [-0.2, 0) is 11.3 Å². The van der Waals surface area contributed by atoms with Gasteiger partial charge in [0.05, 0.1) is 0 Å². The minimum atomic E-state index is -0.833. The predicted octanol–water partition coefficient (Wildman–Crippen LogP) is 7.38. The summed E-state index contributed by atoms with van der Waals surface area (Å²) in [5.74, 6) is -0.107. The number of unbranched alkanes of at least 4 members (excludes halogenated alkanes) is 11. The number of carbonyl (C=O) groups excluding carboxylic acids is 1. The molecule has 1 heterocycles. The van der Waals surface area contributed by atoms with Crippen LogP contribution >= 0.6 is 0 Å². The quantitative estimate of drug-likeness (QED) is 0.149. The van der Waals surface area contributed by atoms with E-state index in [9.17, 15) is 4.79 Å². The topological polar surface area (TPSA) is 72.2 Å². The van der Waals surface area contributed by atoms with Crippen LogP contribution in [0.15, 0.2) is 37.2 Å². The van der Waals surface area contributed by atoms with Crippen LogP contribution in [0.25, 0.3) is 0 Å². The summed E-state index contributed by atoms with van der Waals surface area (Å²) in [5, 5.41) is 7.42. The van der Waals surface area contributed by atoms with Crippen molar-refractivity contribution in [2.75, 3.05) is 0 Å². The number of imidazole rings is 1. The highest BCUT2D eigenvalue weighted by Crippen LogP contribution is 2.11. The minimum absolute atomic E-state index is 0.152. The van der Waals surface area contributed by atoms with Gasteiger partial charge in [-0.1, -0.05) is 76.5 Å². The fourth-order valence-electron chi connectivity index (χ4n) is 3.32. The van der Waals surface area contributed by atoms with E-state index < -0.39 is 5.97 Å². The van der Waals surface area contributed by atoms with E-state index in [1.165, 1.54) is 70.6 Å². The van der Waals surface area contributed by atoms with Gasteiger partial charge in [-0.15, -0.1) is 6.58 Å². The van der Waals surface area contributed by atoms with E-state index in [-0.39, 0.29) is 5.78 Å². The van der Waals surface area contributed by atoms with E-state index in [2.05, 4.69) is 30.6 Å². The lowest BCUT2D eigenvalue weighted by Crippen LogP contribution is -2.09. The lowest BCUT2D eigenvalue weighted by Gasteiger charge is -2.04. The van der Waals surface area contributed by atoms with Gasteiger partial charge in [0, 0.05) is 32.3 Å². The Hall–Kier alpha value is -2.17. The van der Waals surface area contributed by atoms with Crippen molar-refractivity contribution in [3.63, 3.8) is 0 Å². The Kier molecular flexibility index (Phi) is 19.6. The van der Waals surface area contributed by atoms with Gasteiger partial charge in [0.25, 0.3) is 5.97 Å². The minimum Gasteiger partial charge on any atom is -0.481 e. The monoisotopic (exact) mass is 432 g/mol. The third kappa shape index (κ3) is 18.3. The van der Waals surface area contributed by atoms with Gasteiger partial charge in [-0.3, -0.25) is 9.59 Å². The Labute approximate surface area is 189 Å². The molecule has 5 heteroatoms. The smallest absolute Gasteiger partial charge is 0.300 e. The maximum Gasteiger partial charge on any atom is 0.300 e. The molecule has 1 N–H and O–H groups in total. The first-order chi connectivity index (χ1) is 15.0. The maximum atomic E-state index is 12.2. The number of aromatic nitrogens is 2. The SMILES string of the molecule is C=CCn1ccnc1C(=O)CCCCCCCC=CCCCCCCCC.CC(=O)O. The highest BCUT2D eigenvalue weighted by atomic mass is 16.4. The van der Waals surface area contributed by atoms with Gasteiger partial charge in [-0.05, 0) is 32.1 Å². The Balaban J connectivity index is 0.00000206. The Bertz CT molecular complexity index is 616. The summed E-state index contributed by atoms with van der Waals surface area (Å²) in [5.41, 5.74) is 0. The molecule has 0 aliphatic carbocycles. The standard InChI is InChI=1S/C24H40N2O.C2H4O2/c1-3-5-6-7-8-9-10-11-12-13-14-15-16-17-18-19-23(27)24-25-20-22-26(24)21-4-2;1-2(3)4/h4,11-12,20,22H,2-3,5-10,13-19,21H2,1H3;1H3,(H,3,4). The zero-order valence-corrected chi connectivity index (χ0v) is 19.9. The molecule has 1 aromatic rings. The number of carboxylic acids is 1. The second-order valence-corrected chi connectivity index (χ2v) is 7.97.